The number of ether oxygens (including phenoxy) is 1. The number of halogens is 1. The first-order valence-electron chi connectivity index (χ1n) is 6.67. The molecule has 2 rings (SSSR count). The van der Waals surface area contributed by atoms with Gasteiger partial charge in [0.15, 0.2) is 0 Å². The molecule has 20 heavy (non-hydrogen) atoms. The molecule has 4 heteroatoms. The third-order valence-electron chi connectivity index (χ3n) is 3.20. The molecule has 0 bridgehead atoms. The number of rotatable bonds is 6. The Labute approximate surface area is 128 Å². The van der Waals surface area contributed by atoms with E-state index < -0.39 is 0 Å². The van der Waals surface area contributed by atoms with Crippen molar-refractivity contribution in [3.05, 3.63) is 58.3 Å². The Balaban J connectivity index is 2.12. The molecule has 0 atom stereocenters. The molecule has 0 radical (unpaired) electrons. The van der Waals surface area contributed by atoms with Gasteiger partial charge < -0.3 is 4.74 Å². The number of methoxy groups -OCH3 is 1. The SMILES string of the molecule is CCN(Cc1ccccn1)Cc1cc(Br)ccc1OC. The molecule has 106 valence electrons. The highest BCUT2D eigenvalue weighted by molar-refractivity contribution is 9.10. The number of hydrogen-bond donors (Lipinski definition) is 0. The number of hydrogen-bond acceptors (Lipinski definition) is 3. The smallest absolute Gasteiger partial charge is 0.123 e. The van der Waals surface area contributed by atoms with E-state index in [9.17, 15) is 0 Å². The van der Waals surface area contributed by atoms with Crippen LogP contribution in [-0.4, -0.2) is 23.5 Å². The van der Waals surface area contributed by atoms with Gasteiger partial charge in [0, 0.05) is 29.3 Å². The van der Waals surface area contributed by atoms with Crippen LogP contribution in [0.2, 0.25) is 0 Å². The molecule has 0 fully saturated rings. The van der Waals surface area contributed by atoms with Crippen LogP contribution in [-0.2, 0) is 13.1 Å². The fourth-order valence-corrected chi connectivity index (χ4v) is 2.52. The summed E-state index contributed by atoms with van der Waals surface area (Å²) in [5.74, 6) is 0.924. The number of nitrogens with zero attached hydrogens (tertiary/aromatic N) is 2. The van der Waals surface area contributed by atoms with Gasteiger partial charge in [-0.1, -0.05) is 28.9 Å². The Morgan fingerprint density at radius 3 is 2.70 bits per heavy atom. The second-order valence-electron chi connectivity index (χ2n) is 4.58. The van der Waals surface area contributed by atoms with Crippen molar-refractivity contribution in [1.82, 2.24) is 9.88 Å². The van der Waals surface area contributed by atoms with Crippen molar-refractivity contribution in [2.45, 2.75) is 20.0 Å². The fourth-order valence-electron chi connectivity index (χ4n) is 2.11. The highest BCUT2D eigenvalue weighted by atomic mass is 79.9. The maximum Gasteiger partial charge on any atom is 0.123 e. The maximum atomic E-state index is 5.43. The minimum atomic E-state index is 0.840. The van der Waals surface area contributed by atoms with Gasteiger partial charge in [0.2, 0.25) is 0 Å². The molecule has 1 aromatic carbocycles. The highest BCUT2D eigenvalue weighted by Crippen LogP contribution is 2.24. The van der Waals surface area contributed by atoms with E-state index in [2.05, 4.69) is 44.9 Å². The van der Waals surface area contributed by atoms with Crippen molar-refractivity contribution in [1.29, 1.82) is 0 Å². The molecular formula is C16H19BrN2O. The molecule has 3 nitrogen and oxygen atoms in total. The van der Waals surface area contributed by atoms with E-state index in [0.29, 0.717) is 0 Å². The van der Waals surface area contributed by atoms with Gasteiger partial charge in [0.25, 0.3) is 0 Å². The maximum absolute atomic E-state index is 5.43. The lowest BCUT2D eigenvalue weighted by Crippen LogP contribution is -2.23. The van der Waals surface area contributed by atoms with Gasteiger partial charge >= 0.3 is 0 Å². The van der Waals surface area contributed by atoms with Crippen molar-refractivity contribution >= 4 is 15.9 Å². The summed E-state index contributed by atoms with van der Waals surface area (Å²) in [5, 5.41) is 0. The van der Waals surface area contributed by atoms with Gasteiger partial charge in [-0.3, -0.25) is 9.88 Å². The predicted octanol–water partition coefficient (Wildman–Crippen LogP) is 3.87. The third-order valence-corrected chi connectivity index (χ3v) is 3.69. The largest absolute Gasteiger partial charge is 0.496 e. The van der Waals surface area contributed by atoms with Gasteiger partial charge in [-0.2, -0.15) is 0 Å². The number of pyridine rings is 1. The fraction of sp³-hybridized carbons (Fsp3) is 0.312. The van der Waals surface area contributed by atoms with Crippen molar-refractivity contribution in [3.63, 3.8) is 0 Å². The summed E-state index contributed by atoms with van der Waals surface area (Å²) < 4.78 is 6.50. The number of benzene rings is 1. The number of aromatic nitrogens is 1. The van der Waals surface area contributed by atoms with Crippen LogP contribution in [0.3, 0.4) is 0 Å². The van der Waals surface area contributed by atoms with Crippen molar-refractivity contribution in [3.8, 4) is 5.75 Å². The summed E-state index contributed by atoms with van der Waals surface area (Å²) in [6.07, 6.45) is 1.84. The molecule has 0 unspecified atom stereocenters. The minimum absolute atomic E-state index is 0.840. The van der Waals surface area contributed by atoms with Gasteiger partial charge in [-0.25, -0.2) is 0 Å². The standard InChI is InChI=1S/C16H19BrN2O/c1-3-19(12-15-6-4-5-9-18-15)11-13-10-14(17)7-8-16(13)20-2/h4-10H,3,11-12H2,1-2H3. The van der Waals surface area contributed by atoms with E-state index in [1.165, 1.54) is 5.56 Å². The average molecular weight is 335 g/mol. The Kier molecular flexibility index (Phi) is 5.56. The molecular weight excluding hydrogens is 316 g/mol. The summed E-state index contributed by atoms with van der Waals surface area (Å²) >= 11 is 3.52. The Morgan fingerprint density at radius 1 is 1.20 bits per heavy atom. The van der Waals surface area contributed by atoms with E-state index >= 15 is 0 Å². The first-order chi connectivity index (χ1) is 9.72. The molecule has 0 aliphatic carbocycles. The zero-order valence-corrected chi connectivity index (χ0v) is 13.4. The van der Waals surface area contributed by atoms with E-state index in [1.807, 2.05) is 30.5 Å². The molecule has 0 aliphatic rings. The molecule has 0 saturated heterocycles. The van der Waals surface area contributed by atoms with Gasteiger partial charge in [0.1, 0.15) is 5.75 Å². The van der Waals surface area contributed by atoms with Crippen LogP contribution in [0.5, 0.6) is 5.75 Å². The average Bonchev–Trinajstić information content (AvgIpc) is 2.48. The Hall–Kier alpha value is -1.39. The summed E-state index contributed by atoms with van der Waals surface area (Å²) in [6, 6.07) is 12.1. The van der Waals surface area contributed by atoms with Crippen molar-refractivity contribution < 1.29 is 4.74 Å². The highest BCUT2D eigenvalue weighted by Gasteiger charge is 2.10. The van der Waals surface area contributed by atoms with E-state index in [0.717, 1.165) is 35.6 Å². The second-order valence-corrected chi connectivity index (χ2v) is 5.50. The van der Waals surface area contributed by atoms with Gasteiger partial charge in [0.05, 0.1) is 12.8 Å². The first kappa shape index (κ1) is 15.0. The summed E-state index contributed by atoms with van der Waals surface area (Å²) in [7, 11) is 1.71. The zero-order chi connectivity index (χ0) is 14.4. The lowest BCUT2D eigenvalue weighted by Gasteiger charge is -2.21. The summed E-state index contributed by atoms with van der Waals surface area (Å²) in [5.41, 5.74) is 2.27. The van der Waals surface area contributed by atoms with Crippen LogP contribution in [0.15, 0.2) is 47.1 Å². The van der Waals surface area contributed by atoms with Gasteiger partial charge in [-0.05, 0) is 36.9 Å². The third kappa shape index (κ3) is 4.05. The summed E-state index contributed by atoms with van der Waals surface area (Å²) in [6.45, 7) is 4.81. The van der Waals surface area contributed by atoms with Crippen molar-refractivity contribution in [2.24, 2.45) is 0 Å². The van der Waals surface area contributed by atoms with E-state index in [1.54, 1.807) is 7.11 Å². The minimum Gasteiger partial charge on any atom is -0.496 e. The monoisotopic (exact) mass is 334 g/mol. The van der Waals surface area contributed by atoms with Crippen LogP contribution < -0.4 is 4.74 Å². The molecule has 1 aromatic heterocycles. The second kappa shape index (κ2) is 7.41. The first-order valence-corrected chi connectivity index (χ1v) is 7.47. The van der Waals surface area contributed by atoms with Crippen LogP contribution in [0.4, 0.5) is 0 Å². The Morgan fingerprint density at radius 2 is 2.05 bits per heavy atom. The normalized spacial score (nSPS) is 10.8. The predicted molar refractivity (Wildman–Crippen MR) is 84.7 cm³/mol. The summed E-state index contributed by atoms with van der Waals surface area (Å²) in [4.78, 5) is 6.73. The molecule has 0 spiro atoms. The molecule has 0 N–H and O–H groups in total. The molecule has 0 aliphatic heterocycles. The van der Waals surface area contributed by atoms with Crippen LogP contribution in [0, 0.1) is 0 Å². The quantitative estimate of drug-likeness (QED) is 0.801. The van der Waals surface area contributed by atoms with E-state index in [-0.39, 0.29) is 0 Å². The lowest BCUT2D eigenvalue weighted by molar-refractivity contribution is 0.263. The lowest BCUT2D eigenvalue weighted by atomic mass is 10.2. The zero-order valence-electron chi connectivity index (χ0n) is 11.8. The Bertz CT molecular complexity index is 545. The van der Waals surface area contributed by atoms with Crippen LogP contribution >= 0.6 is 15.9 Å². The molecule has 1 heterocycles. The molecule has 0 amide bonds. The van der Waals surface area contributed by atoms with Crippen molar-refractivity contribution in [2.75, 3.05) is 13.7 Å². The topological polar surface area (TPSA) is 25.4 Å². The van der Waals surface area contributed by atoms with Gasteiger partial charge in [-0.15, -0.1) is 0 Å². The van der Waals surface area contributed by atoms with Crippen LogP contribution in [0.1, 0.15) is 18.2 Å². The molecule has 0 saturated carbocycles. The molecule has 2 aromatic rings. The van der Waals surface area contributed by atoms with E-state index in [4.69, 9.17) is 4.74 Å². The van der Waals surface area contributed by atoms with Crippen LogP contribution in [0.25, 0.3) is 0 Å².